The van der Waals surface area contributed by atoms with Gasteiger partial charge in [-0.15, -0.1) is 0 Å². The molecule has 0 atom stereocenters. The van der Waals surface area contributed by atoms with Crippen LogP contribution in [0, 0.1) is 6.92 Å². The third-order valence-corrected chi connectivity index (χ3v) is 2.82. The lowest BCUT2D eigenvalue weighted by Crippen LogP contribution is -2.06. The van der Waals surface area contributed by atoms with E-state index in [4.69, 9.17) is 5.11 Å². The molecule has 5 nitrogen and oxygen atoms in total. The minimum Gasteiger partial charge on any atom is -0.478 e. The first kappa shape index (κ1) is 13.1. The number of carbonyl (C=O) groups is 1. The molecule has 2 rings (SSSR count). The average Bonchev–Trinajstić information content (AvgIpc) is 2.39. The number of nitrogens with zero attached hydrogens (tertiary/aromatic N) is 3. The third kappa shape index (κ3) is 2.76. The number of aromatic carboxylic acids is 1. The molecular weight excluding hydrogens is 242 g/mol. The lowest BCUT2D eigenvalue weighted by molar-refractivity contribution is 0.0695. The number of aromatic nitrogens is 3. The molecule has 0 saturated carbocycles. The second kappa shape index (κ2) is 5.56. The fraction of sp³-hybridized carbons (Fsp3) is 0.286. The summed E-state index contributed by atoms with van der Waals surface area (Å²) in [7, 11) is 0. The second-order valence-corrected chi connectivity index (χ2v) is 4.24. The maximum Gasteiger partial charge on any atom is 0.337 e. The molecule has 0 aromatic carbocycles. The van der Waals surface area contributed by atoms with Gasteiger partial charge in [0, 0.05) is 12.4 Å². The third-order valence-electron chi connectivity index (χ3n) is 2.82. The summed E-state index contributed by atoms with van der Waals surface area (Å²) in [5.41, 5.74) is 2.99. The van der Waals surface area contributed by atoms with Gasteiger partial charge >= 0.3 is 5.97 Å². The SMILES string of the molecule is CCCc1nc(-c2nccnc2C)ccc1C(=O)O. The number of hydrogen-bond donors (Lipinski definition) is 1. The Kier molecular flexibility index (Phi) is 3.85. The van der Waals surface area contributed by atoms with E-state index >= 15 is 0 Å². The summed E-state index contributed by atoms with van der Waals surface area (Å²) in [6, 6.07) is 3.27. The fourth-order valence-electron chi connectivity index (χ4n) is 1.91. The van der Waals surface area contributed by atoms with Crippen molar-refractivity contribution in [1.29, 1.82) is 0 Å². The van der Waals surface area contributed by atoms with Gasteiger partial charge in [-0.05, 0) is 25.5 Å². The smallest absolute Gasteiger partial charge is 0.337 e. The summed E-state index contributed by atoms with van der Waals surface area (Å²) in [4.78, 5) is 24.0. The largest absolute Gasteiger partial charge is 0.478 e. The van der Waals surface area contributed by atoms with Gasteiger partial charge in [-0.3, -0.25) is 15.0 Å². The Labute approximate surface area is 111 Å². The Balaban J connectivity index is 2.52. The highest BCUT2D eigenvalue weighted by Crippen LogP contribution is 2.20. The molecule has 0 amide bonds. The van der Waals surface area contributed by atoms with Gasteiger partial charge in [0.25, 0.3) is 0 Å². The van der Waals surface area contributed by atoms with E-state index in [9.17, 15) is 4.79 Å². The number of rotatable bonds is 4. The van der Waals surface area contributed by atoms with E-state index in [1.807, 2.05) is 13.8 Å². The van der Waals surface area contributed by atoms with Crippen LogP contribution in [0.1, 0.15) is 35.1 Å². The number of carboxylic acids is 1. The van der Waals surface area contributed by atoms with Crippen molar-refractivity contribution < 1.29 is 9.90 Å². The van der Waals surface area contributed by atoms with E-state index < -0.39 is 5.97 Å². The lowest BCUT2D eigenvalue weighted by Gasteiger charge is -2.08. The van der Waals surface area contributed by atoms with Gasteiger partial charge in [-0.25, -0.2) is 4.79 Å². The second-order valence-electron chi connectivity index (χ2n) is 4.24. The zero-order chi connectivity index (χ0) is 13.8. The molecule has 98 valence electrons. The van der Waals surface area contributed by atoms with E-state index in [0.29, 0.717) is 23.5 Å². The standard InChI is InChI=1S/C14H15N3O2/c1-3-4-11-10(14(18)19)5-6-12(17-11)13-9(2)15-7-8-16-13/h5-8H,3-4H2,1-2H3,(H,18,19). The van der Waals surface area contributed by atoms with Crippen LogP contribution in [0.3, 0.4) is 0 Å². The van der Waals surface area contributed by atoms with Crippen LogP contribution in [0.15, 0.2) is 24.5 Å². The van der Waals surface area contributed by atoms with Gasteiger partial charge in [0.15, 0.2) is 0 Å². The molecule has 0 spiro atoms. The van der Waals surface area contributed by atoms with Crippen LogP contribution < -0.4 is 0 Å². The molecule has 0 saturated heterocycles. The minimum absolute atomic E-state index is 0.257. The van der Waals surface area contributed by atoms with Gasteiger partial charge in [-0.1, -0.05) is 13.3 Å². The van der Waals surface area contributed by atoms with Crippen molar-refractivity contribution in [3.63, 3.8) is 0 Å². The molecule has 0 aliphatic carbocycles. The Hall–Kier alpha value is -2.30. The van der Waals surface area contributed by atoms with Gasteiger partial charge < -0.3 is 5.11 Å². The van der Waals surface area contributed by atoms with Crippen LogP contribution in [-0.2, 0) is 6.42 Å². The Bertz CT molecular complexity index is 611. The van der Waals surface area contributed by atoms with Crippen molar-refractivity contribution in [2.75, 3.05) is 0 Å². The average molecular weight is 257 g/mol. The summed E-state index contributed by atoms with van der Waals surface area (Å²) >= 11 is 0. The fourth-order valence-corrected chi connectivity index (χ4v) is 1.91. The Morgan fingerprint density at radius 3 is 2.63 bits per heavy atom. The molecular formula is C14H15N3O2. The first-order chi connectivity index (χ1) is 9.13. The van der Waals surface area contributed by atoms with Crippen molar-refractivity contribution in [2.45, 2.75) is 26.7 Å². The van der Waals surface area contributed by atoms with Crippen LogP contribution in [0.2, 0.25) is 0 Å². The van der Waals surface area contributed by atoms with Crippen molar-refractivity contribution >= 4 is 5.97 Å². The van der Waals surface area contributed by atoms with Crippen molar-refractivity contribution in [3.05, 3.63) is 41.5 Å². The Morgan fingerprint density at radius 1 is 1.26 bits per heavy atom. The maximum absolute atomic E-state index is 11.1. The highest BCUT2D eigenvalue weighted by molar-refractivity contribution is 5.89. The first-order valence-corrected chi connectivity index (χ1v) is 6.14. The highest BCUT2D eigenvalue weighted by atomic mass is 16.4. The number of hydrogen-bond acceptors (Lipinski definition) is 4. The lowest BCUT2D eigenvalue weighted by atomic mass is 10.1. The minimum atomic E-state index is -0.946. The summed E-state index contributed by atoms with van der Waals surface area (Å²) in [6.45, 7) is 3.85. The molecule has 0 radical (unpaired) electrons. The first-order valence-electron chi connectivity index (χ1n) is 6.14. The molecule has 1 N–H and O–H groups in total. The predicted octanol–water partition coefficient (Wildman–Crippen LogP) is 2.50. The van der Waals surface area contributed by atoms with E-state index in [1.54, 1.807) is 24.5 Å². The molecule has 0 fully saturated rings. The van der Waals surface area contributed by atoms with Crippen molar-refractivity contribution in [1.82, 2.24) is 15.0 Å². The van der Waals surface area contributed by atoms with Crippen LogP contribution in [0.5, 0.6) is 0 Å². The zero-order valence-corrected chi connectivity index (χ0v) is 10.9. The van der Waals surface area contributed by atoms with Crippen molar-refractivity contribution in [2.24, 2.45) is 0 Å². The maximum atomic E-state index is 11.1. The zero-order valence-electron chi connectivity index (χ0n) is 10.9. The predicted molar refractivity (Wildman–Crippen MR) is 71.0 cm³/mol. The molecule has 0 aliphatic rings. The summed E-state index contributed by atoms with van der Waals surface area (Å²) in [6.07, 6.45) is 4.71. The molecule has 5 heteroatoms. The summed E-state index contributed by atoms with van der Waals surface area (Å²) in [5.74, 6) is -0.946. The molecule has 0 unspecified atom stereocenters. The number of pyridine rings is 1. The monoisotopic (exact) mass is 257 g/mol. The molecule has 2 heterocycles. The van der Waals surface area contributed by atoms with Crippen LogP contribution in [-0.4, -0.2) is 26.0 Å². The van der Waals surface area contributed by atoms with Crippen LogP contribution in [0.4, 0.5) is 0 Å². The van der Waals surface area contributed by atoms with Gasteiger partial charge in [0.2, 0.25) is 0 Å². The highest BCUT2D eigenvalue weighted by Gasteiger charge is 2.14. The molecule has 2 aromatic heterocycles. The molecule has 0 aliphatic heterocycles. The number of aryl methyl sites for hydroxylation is 2. The van der Waals surface area contributed by atoms with Crippen molar-refractivity contribution in [3.8, 4) is 11.4 Å². The molecule has 2 aromatic rings. The summed E-state index contributed by atoms with van der Waals surface area (Å²) in [5, 5.41) is 9.14. The van der Waals surface area contributed by atoms with Gasteiger partial charge in [0.1, 0.15) is 5.69 Å². The van der Waals surface area contributed by atoms with Crippen LogP contribution in [0.25, 0.3) is 11.4 Å². The van der Waals surface area contributed by atoms with E-state index in [-0.39, 0.29) is 5.56 Å². The molecule has 0 bridgehead atoms. The number of carboxylic acid groups (broad SMARTS) is 1. The molecule has 19 heavy (non-hydrogen) atoms. The van der Waals surface area contributed by atoms with Crippen LogP contribution >= 0.6 is 0 Å². The van der Waals surface area contributed by atoms with E-state index in [0.717, 1.165) is 12.1 Å². The normalized spacial score (nSPS) is 10.4. The Morgan fingerprint density at radius 2 is 2.00 bits per heavy atom. The topological polar surface area (TPSA) is 76.0 Å². The quantitative estimate of drug-likeness (QED) is 0.910. The summed E-state index contributed by atoms with van der Waals surface area (Å²) < 4.78 is 0. The van der Waals surface area contributed by atoms with E-state index in [2.05, 4.69) is 15.0 Å². The van der Waals surface area contributed by atoms with Gasteiger partial charge in [-0.2, -0.15) is 0 Å². The van der Waals surface area contributed by atoms with Gasteiger partial charge in [0.05, 0.1) is 22.6 Å². The van der Waals surface area contributed by atoms with E-state index in [1.165, 1.54) is 0 Å².